The number of hydrogen-bond donors (Lipinski definition) is 1. The molecule has 36 heavy (non-hydrogen) atoms. The van der Waals surface area contributed by atoms with Crippen LogP contribution in [-0.2, 0) is 9.47 Å². The molecule has 3 fully saturated rings. The Hall–Kier alpha value is -2.93. The Morgan fingerprint density at radius 3 is 2.53 bits per heavy atom. The number of hydrogen-bond acceptors (Lipinski definition) is 8. The third-order valence-electron chi connectivity index (χ3n) is 7.51. The summed E-state index contributed by atoms with van der Waals surface area (Å²) in [5.74, 6) is -0.447. The average Bonchev–Trinajstić information content (AvgIpc) is 3.54. The number of rotatable bonds is 4. The molecule has 3 aliphatic rings. The quantitative estimate of drug-likeness (QED) is 0.577. The first-order valence-electron chi connectivity index (χ1n) is 12.2. The number of aromatic nitrogens is 6. The maximum atomic E-state index is 14.1. The molecule has 3 aromatic heterocycles. The van der Waals surface area contributed by atoms with Crippen molar-refractivity contribution in [2.45, 2.75) is 63.3 Å². The third-order valence-corrected chi connectivity index (χ3v) is 7.51. The van der Waals surface area contributed by atoms with Crippen LogP contribution in [0, 0.1) is 0 Å². The van der Waals surface area contributed by atoms with Crippen LogP contribution < -0.4 is 9.80 Å². The van der Waals surface area contributed by atoms with Crippen LogP contribution in [0.3, 0.4) is 0 Å². The number of anilines is 2. The number of morpholine rings is 2. The first kappa shape index (κ1) is 23.5. The highest BCUT2D eigenvalue weighted by Crippen LogP contribution is 2.43. The molecule has 10 nitrogen and oxygen atoms in total. The summed E-state index contributed by atoms with van der Waals surface area (Å²) in [6.07, 6.45) is -1.03. The van der Waals surface area contributed by atoms with E-state index in [2.05, 4.69) is 20.2 Å². The topological polar surface area (TPSA) is 97.2 Å². The summed E-state index contributed by atoms with van der Waals surface area (Å²) < 4.78 is 55.0. The molecular weight excluding hydrogens is 477 g/mol. The van der Waals surface area contributed by atoms with Crippen molar-refractivity contribution in [2.75, 3.05) is 42.8 Å². The van der Waals surface area contributed by atoms with Crippen LogP contribution >= 0.6 is 0 Å². The van der Waals surface area contributed by atoms with Crippen molar-refractivity contribution in [1.82, 2.24) is 29.9 Å². The second-order valence-corrected chi connectivity index (χ2v) is 10.4. The fourth-order valence-corrected chi connectivity index (χ4v) is 5.52. The lowest BCUT2D eigenvalue weighted by Crippen LogP contribution is -2.54. The van der Waals surface area contributed by atoms with Gasteiger partial charge in [0.2, 0.25) is 5.95 Å². The molecule has 0 aliphatic carbocycles. The summed E-state index contributed by atoms with van der Waals surface area (Å²) in [6, 6.07) is 1.92. The normalized spacial score (nSPS) is 25.1. The minimum absolute atomic E-state index is 0.110. The van der Waals surface area contributed by atoms with Crippen molar-refractivity contribution < 1.29 is 22.6 Å². The van der Waals surface area contributed by atoms with Gasteiger partial charge in [-0.1, -0.05) is 0 Å². The molecule has 0 spiro atoms. The van der Waals surface area contributed by atoms with Crippen molar-refractivity contribution in [2.24, 2.45) is 0 Å². The Morgan fingerprint density at radius 2 is 1.89 bits per heavy atom. The van der Waals surface area contributed by atoms with Crippen molar-refractivity contribution in [3.05, 3.63) is 18.0 Å². The highest BCUT2D eigenvalue weighted by Gasteiger charge is 2.44. The molecule has 3 saturated heterocycles. The zero-order chi connectivity index (χ0) is 25.2. The van der Waals surface area contributed by atoms with Gasteiger partial charge >= 0.3 is 6.18 Å². The average molecular weight is 507 g/mol. The van der Waals surface area contributed by atoms with Gasteiger partial charge in [0.25, 0.3) is 0 Å². The van der Waals surface area contributed by atoms with Gasteiger partial charge in [0.05, 0.1) is 67.2 Å². The van der Waals surface area contributed by atoms with Crippen molar-refractivity contribution in [1.29, 1.82) is 0 Å². The molecule has 3 atom stereocenters. The van der Waals surface area contributed by atoms with Gasteiger partial charge in [0.15, 0.2) is 11.5 Å². The molecule has 2 bridgehead atoms. The van der Waals surface area contributed by atoms with E-state index in [1.54, 1.807) is 6.07 Å². The fraction of sp³-hybridized carbons (Fsp3) is 0.652. The summed E-state index contributed by atoms with van der Waals surface area (Å²) in [6.45, 7) is 7.65. The number of nitrogens with one attached hydrogen (secondary N) is 1. The number of ether oxygens (including phenoxy) is 2. The summed E-state index contributed by atoms with van der Waals surface area (Å²) in [5.41, 5.74) is -0.283. The zero-order valence-corrected chi connectivity index (χ0v) is 20.4. The van der Waals surface area contributed by atoms with Crippen LogP contribution in [0.4, 0.5) is 24.9 Å². The van der Waals surface area contributed by atoms with Gasteiger partial charge in [-0.25, -0.2) is 0 Å². The van der Waals surface area contributed by atoms with E-state index >= 15 is 0 Å². The molecule has 6 rings (SSSR count). The molecule has 0 aromatic carbocycles. The minimum Gasteiger partial charge on any atom is -0.377 e. The van der Waals surface area contributed by atoms with Gasteiger partial charge < -0.3 is 19.3 Å². The molecule has 13 heteroatoms. The summed E-state index contributed by atoms with van der Waals surface area (Å²) in [5, 5.41) is 11.6. The number of alkyl halides is 3. The maximum absolute atomic E-state index is 14.1. The largest absolute Gasteiger partial charge is 0.397 e. The van der Waals surface area contributed by atoms with E-state index in [9.17, 15) is 13.2 Å². The van der Waals surface area contributed by atoms with E-state index in [1.165, 1.54) is 10.9 Å². The number of fused-ring (bicyclic) bond motifs is 3. The van der Waals surface area contributed by atoms with Gasteiger partial charge in [0, 0.05) is 12.6 Å². The molecule has 1 N–H and O–H groups in total. The van der Waals surface area contributed by atoms with Crippen molar-refractivity contribution >= 4 is 22.8 Å². The van der Waals surface area contributed by atoms with Crippen LogP contribution in [0.25, 0.3) is 16.9 Å². The van der Waals surface area contributed by atoms with E-state index in [0.29, 0.717) is 61.6 Å². The van der Waals surface area contributed by atoms with E-state index in [-0.39, 0.29) is 17.8 Å². The predicted octanol–water partition coefficient (Wildman–Crippen LogP) is 3.19. The Kier molecular flexibility index (Phi) is 5.41. The van der Waals surface area contributed by atoms with Crippen LogP contribution in [-0.4, -0.2) is 86.7 Å². The Labute approximate surface area is 205 Å². The lowest BCUT2D eigenvalue weighted by Gasteiger charge is -2.43. The minimum atomic E-state index is -4.49. The van der Waals surface area contributed by atoms with Crippen LogP contribution in [0.15, 0.2) is 12.3 Å². The monoisotopic (exact) mass is 506 g/mol. The molecule has 0 amide bonds. The maximum Gasteiger partial charge on any atom is 0.397 e. The SMILES string of the molecule is CC(c1nn(-c2ccn[nH]2)c2nc(N3C4CCC3COC4)nc(N3CCOCC3(C)C)c12)C(F)(F)F. The summed E-state index contributed by atoms with van der Waals surface area (Å²) in [4.78, 5) is 14.1. The van der Waals surface area contributed by atoms with Gasteiger partial charge in [0.1, 0.15) is 5.82 Å². The lowest BCUT2D eigenvalue weighted by molar-refractivity contribution is -0.146. The predicted molar refractivity (Wildman–Crippen MR) is 126 cm³/mol. The number of H-pyrrole nitrogens is 1. The molecule has 3 aromatic rings. The highest BCUT2D eigenvalue weighted by atomic mass is 19.4. The molecule has 3 aliphatic heterocycles. The Morgan fingerprint density at radius 1 is 1.14 bits per heavy atom. The number of aromatic amines is 1. The van der Waals surface area contributed by atoms with Gasteiger partial charge in [-0.2, -0.15) is 38.0 Å². The molecule has 0 saturated carbocycles. The molecule has 194 valence electrons. The summed E-state index contributed by atoms with van der Waals surface area (Å²) >= 11 is 0. The third kappa shape index (κ3) is 3.71. The second kappa shape index (κ2) is 8.30. The number of nitrogens with zero attached hydrogens (tertiary/aromatic N) is 7. The number of halogens is 3. The van der Waals surface area contributed by atoms with E-state index in [4.69, 9.17) is 19.4 Å². The van der Waals surface area contributed by atoms with E-state index in [1.807, 2.05) is 18.7 Å². The van der Waals surface area contributed by atoms with Crippen LogP contribution in [0.1, 0.15) is 45.2 Å². The van der Waals surface area contributed by atoms with Gasteiger partial charge in [-0.15, -0.1) is 0 Å². The zero-order valence-electron chi connectivity index (χ0n) is 20.4. The van der Waals surface area contributed by atoms with Crippen LogP contribution in [0.5, 0.6) is 0 Å². The van der Waals surface area contributed by atoms with Crippen molar-refractivity contribution in [3.63, 3.8) is 0 Å². The molecule has 6 heterocycles. The fourth-order valence-electron chi connectivity index (χ4n) is 5.52. The first-order chi connectivity index (χ1) is 17.1. The standard InChI is InChI=1S/C23H29F3N8O2/c1-13(23(24,25)26)18-17-19(32-8-9-35-12-22(32,2)3)28-21(33-14-4-5-15(33)11-36-10-14)29-20(17)34(31-18)16-6-7-27-30-16/h6-7,13-15H,4-5,8-12H2,1-3H3,(H,27,30). The molecular formula is C23H29F3N8O2. The van der Waals surface area contributed by atoms with Gasteiger partial charge in [-0.05, 0) is 33.6 Å². The smallest absolute Gasteiger partial charge is 0.377 e. The van der Waals surface area contributed by atoms with Crippen LogP contribution in [0.2, 0.25) is 0 Å². The van der Waals surface area contributed by atoms with E-state index < -0.39 is 17.6 Å². The van der Waals surface area contributed by atoms with Gasteiger partial charge in [-0.3, -0.25) is 5.10 Å². The highest BCUT2D eigenvalue weighted by molar-refractivity contribution is 5.93. The molecule has 3 unspecified atom stereocenters. The van der Waals surface area contributed by atoms with Crippen molar-refractivity contribution in [3.8, 4) is 5.82 Å². The first-order valence-corrected chi connectivity index (χ1v) is 12.2. The lowest BCUT2D eigenvalue weighted by atomic mass is 10.00. The second-order valence-electron chi connectivity index (χ2n) is 10.4. The Bertz CT molecular complexity index is 1240. The Balaban J connectivity index is 1.64. The molecule has 0 radical (unpaired) electrons. The van der Waals surface area contributed by atoms with E-state index in [0.717, 1.165) is 19.8 Å². The summed E-state index contributed by atoms with van der Waals surface area (Å²) in [7, 11) is 0.